The van der Waals surface area contributed by atoms with Gasteiger partial charge in [-0.15, -0.1) is 11.8 Å². The number of carbonyl (C=O) groups excluding carboxylic acids is 8. The summed E-state index contributed by atoms with van der Waals surface area (Å²) in [6.07, 6.45) is 10.1. The number of anilines is 1. The Hall–Kier alpha value is -9.32. The number of ether oxygens (including phenoxy) is 5. The lowest BCUT2D eigenvalue weighted by Crippen LogP contribution is -2.45. The van der Waals surface area contributed by atoms with Crippen LogP contribution in [0, 0.1) is 11.8 Å². The van der Waals surface area contributed by atoms with E-state index in [-0.39, 0.29) is 98.1 Å². The molecule has 90 heavy (non-hydrogen) atoms. The molecule has 7 amide bonds. The van der Waals surface area contributed by atoms with Gasteiger partial charge in [0.25, 0.3) is 11.8 Å². The van der Waals surface area contributed by atoms with E-state index in [4.69, 9.17) is 33.7 Å². The second-order valence-corrected chi connectivity index (χ2v) is 24.1. The van der Waals surface area contributed by atoms with E-state index in [1.807, 2.05) is 56.4 Å². The summed E-state index contributed by atoms with van der Waals surface area (Å²) in [7, 11) is 4.64. The number of fused-ring (bicyclic) bond motifs is 4. The highest BCUT2D eigenvalue weighted by atomic mass is 32.2. The zero-order chi connectivity index (χ0) is 64.3. The van der Waals surface area contributed by atoms with Gasteiger partial charge in [-0.1, -0.05) is 51.5 Å². The molecule has 474 valence electrons. The number of hydrogen-bond donors (Lipinski definition) is 4. The molecule has 23 nitrogen and oxygen atoms in total. The minimum Gasteiger partial charge on any atom is -0.497 e. The third-order valence-electron chi connectivity index (χ3n) is 16.1. The number of imide groups is 1. The van der Waals surface area contributed by atoms with Gasteiger partial charge in [0.1, 0.15) is 11.8 Å². The summed E-state index contributed by atoms with van der Waals surface area (Å²) in [5.74, 6) is -2.71. The van der Waals surface area contributed by atoms with Crippen molar-refractivity contribution in [2.24, 2.45) is 21.8 Å². The number of rotatable bonds is 29. The number of nitrogens with zero attached hydrogens (tertiary/aromatic N) is 5. The Morgan fingerprint density at radius 1 is 0.678 bits per heavy atom. The van der Waals surface area contributed by atoms with Gasteiger partial charge in [-0.05, 0) is 77.4 Å². The topological polar surface area (TPSA) is 291 Å². The number of nitrogens with one attached hydrogen (secondary N) is 3. The molecule has 1 fully saturated rings. The van der Waals surface area contributed by atoms with Crippen LogP contribution in [-0.4, -0.2) is 162 Å². The molecule has 6 atom stereocenters. The summed E-state index contributed by atoms with van der Waals surface area (Å²) in [5, 5.41) is 16.7. The fourth-order valence-corrected chi connectivity index (χ4v) is 12.4. The van der Waals surface area contributed by atoms with E-state index in [1.165, 1.54) is 21.1 Å². The third-order valence-corrected chi connectivity index (χ3v) is 17.4. The van der Waals surface area contributed by atoms with Crippen LogP contribution in [0.2, 0.25) is 0 Å². The van der Waals surface area contributed by atoms with Crippen molar-refractivity contribution >= 4 is 106 Å². The number of aliphatic carboxylic acids is 1. The monoisotopic (exact) mass is 1250 g/mol. The van der Waals surface area contributed by atoms with Crippen LogP contribution in [0.3, 0.4) is 0 Å². The van der Waals surface area contributed by atoms with Gasteiger partial charge in [-0.3, -0.25) is 53.2 Å². The van der Waals surface area contributed by atoms with E-state index in [0.29, 0.717) is 89.7 Å². The van der Waals surface area contributed by atoms with Crippen LogP contribution >= 0.6 is 11.8 Å². The molecule has 0 saturated carbocycles. The molecule has 0 spiro atoms. The van der Waals surface area contributed by atoms with Crippen LogP contribution in [0.4, 0.5) is 17.1 Å². The first-order chi connectivity index (χ1) is 43.2. The standard InChI is InChI=1S/C66H74N8O15S/c1-37(2)61(71-59(77)12-9-8-10-21-72-60(78)31-58(65(72)82)90-36-52(66(83)84)69-39(4)75)53(76)24-38(3)62(79)70-44-17-13-40(14-18-44)42-25-45-32-67-50-29-56(54(86-6)27-48(50)63(80)73(45)34-42)88-22-11-23-89-57-30-51-49(28-55(57)87-7)64(81)74-35-43(26-46(74)33-68-51)41-15-19-47(85-5)20-16-41/h13-20,27-30,32-35,37-38,45-46,52,58,61H,8-12,21-26,31,36H2,1-7H3,(H,69,75)(H,70,79)(H,71,77)(H,83,84)/t38-,45+,46+,52?,58?,61+/m1/s1. The molecule has 0 aromatic heterocycles. The SMILES string of the molecule is COc1ccc(C2=CN3C(=O)c4cc(OC)c(OCCCOc5cc6c(cc5OC)C(=O)N5C=C(c7ccc(NC(=O)[C@H](C)CC(=O)[C@@H](NC(=O)CCCCCN8C(=O)CC(SCC(NC(C)=O)C(=O)O)C8=O)C(C)C)cc7)C[C@H]5C=N6)cc4N=C[C@@H]3C2)cc1. The Morgan fingerprint density at radius 2 is 1.23 bits per heavy atom. The molecule has 2 unspecified atom stereocenters. The number of aliphatic imine (C=N–C) groups is 2. The number of carboxylic acids is 1. The maximum Gasteiger partial charge on any atom is 0.327 e. The number of ketones is 1. The summed E-state index contributed by atoms with van der Waals surface area (Å²) in [4.78, 5) is 130. The molecular weight excluding hydrogens is 1180 g/mol. The Bertz CT molecular complexity index is 3570. The summed E-state index contributed by atoms with van der Waals surface area (Å²) in [6, 6.07) is 19.0. The number of hydrogen-bond acceptors (Lipinski definition) is 17. The van der Waals surface area contributed by atoms with Crippen molar-refractivity contribution in [1.82, 2.24) is 25.3 Å². The van der Waals surface area contributed by atoms with Gasteiger partial charge in [0.2, 0.25) is 29.5 Å². The number of carbonyl (C=O) groups is 9. The van der Waals surface area contributed by atoms with Crippen molar-refractivity contribution in [2.45, 2.75) is 115 Å². The zero-order valence-electron chi connectivity index (χ0n) is 51.3. The second kappa shape index (κ2) is 29.3. The molecule has 9 rings (SSSR count). The molecule has 24 heteroatoms. The van der Waals surface area contributed by atoms with Gasteiger partial charge >= 0.3 is 5.97 Å². The molecule has 5 aliphatic heterocycles. The molecule has 0 aliphatic carbocycles. The second-order valence-electron chi connectivity index (χ2n) is 22.9. The molecule has 0 bridgehead atoms. The average molecular weight is 1250 g/mol. The first-order valence-corrected chi connectivity index (χ1v) is 31.0. The lowest BCUT2D eigenvalue weighted by atomic mass is 9.92. The fraction of sp³-hybridized carbons (Fsp3) is 0.409. The van der Waals surface area contributed by atoms with Gasteiger partial charge < -0.3 is 54.5 Å². The molecule has 1 saturated heterocycles. The maximum absolute atomic E-state index is 14.2. The number of carboxylic acid groups (broad SMARTS) is 1. The van der Waals surface area contributed by atoms with Crippen molar-refractivity contribution in [3.63, 3.8) is 0 Å². The first kappa shape index (κ1) is 65.1. The Balaban J connectivity index is 0.707. The van der Waals surface area contributed by atoms with Crippen LogP contribution < -0.4 is 39.6 Å². The van der Waals surface area contributed by atoms with Gasteiger partial charge in [0.05, 0.1) is 80.4 Å². The number of unbranched alkanes of at least 4 members (excludes halogenated alkanes) is 2. The Kier molecular flexibility index (Phi) is 21.2. The lowest BCUT2D eigenvalue weighted by Gasteiger charge is -2.23. The van der Waals surface area contributed by atoms with E-state index >= 15 is 0 Å². The minimum absolute atomic E-state index is 0.0670. The smallest absolute Gasteiger partial charge is 0.327 e. The molecule has 4 aromatic rings. The van der Waals surface area contributed by atoms with Crippen molar-refractivity contribution in [1.29, 1.82) is 0 Å². The van der Waals surface area contributed by atoms with Gasteiger partial charge in [0, 0.05) is 106 Å². The summed E-state index contributed by atoms with van der Waals surface area (Å²) in [5.41, 5.74) is 5.90. The maximum atomic E-state index is 14.2. The number of Topliss-reactive ketones (excluding diaryl/α,β-unsaturated/α-hetero) is 1. The van der Waals surface area contributed by atoms with Gasteiger partial charge in [-0.2, -0.15) is 0 Å². The van der Waals surface area contributed by atoms with Crippen LogP contribution in [0.1, 0.15) is 117 Å². The highest BCUT2D eigenvalue weighted by molar-refractivity contribution is 8.00. The van der Waals surface area contributed by atoms with Crippen molar-refractivity contribution in [2.75, 3.05) is 52.2 Å². The summed E-state index contributed by atoms with van der Waals surface area (Å²) >= 11 is 1.01. The van der Waals surface area contributed by atoms with Crippen LogP contribution in [0.5, 0.6) is 28.7 Å². The predicted octanol–water partition coefficient (Wildman–Crippen LogP) is 8.19. The number of benzene rings is 4. The summed E-state index contributed by atoms with van der Waals surface area (Å²) in [6.45, 7) is 7.10. The average Bonchev–Trinajstić information content (AvgIpc) is 1.67. The van der Waals surface area contributed by atoms with Crippen molar-refractivity contribution < 1.29 is 71.9 Å². The minimum atomic E-state index is -1.24. The number of likely N-dealkylation sites (tertiary alicyclic amines) is 1. The van der Waals surface area contributed by atoms with Gasteiger partial charge in [-0.25, -0.2) is 4.79 Å². The first-order valence-electron chi connectivity index (χ1n) is 29.9. The lowest BCUT2D eigenvalue weighted by molar-refractivity contribution is -0.141. The Morgan fingerprint density at radius 3 is 1.74 bits per heavy atom. The predicted molar refractivity (Wildman–Crippen MR) is 338 cm³/mol. The van der Waals surface area contributed by atoms with Gasteiger partial charge in [0.15, 0.2) is 28.8 Å². The van der Waals surface area contributed by atoms with E-state index in [1.54, 1.807) is 78.9 Å². The van der Waals surface area contributed by atoms with Crippen LogP contribution in [0.25, 0.3) is 11.1 Å². The highest BCUT2D eigenvalue weighted by Crippen LogP contribution is 2.42. The largest absolute Gasteiger partial charge is 0.497 e. The van der Waals surface area contributed by atoms with E-state index < -0.39 is 41.0 Å². The molecule has 0 radical (unpaired) electrons. The molecule has 5 heterocycles. The fourth-order valence-electron chi connectivity index (χ4n) is 11.2. The van der Waals surface area contributed by atoms with Crippen LogP contribution in [0.15, 0.2) is 95.2 Å². The van der Waals surface area contributed by atoms with Crippen molar-refractivity contribution in [3.05, 3.63) is 107 Å². The van der Waals surface area contributed by atoms with Crippen LogP contribution in [-0.2, 0) is 33.6 Å². The van der Waals surface area contributed by atoms with E-state index in [0.717, 1.165) is 44.7 Å². The molecule has 5 aliphatic rings. The third kappa shape index (κ3) is 15.4. The zero-order valence-corrected chi connectivity index (χ0v) is 52.1. The van der Waals surface area contributed by atoms with E-state index in [9.17, 15) is 48.3 Å². The quantitative estimate of drug-likeness (QED) is 0.0294. The molecule has 4 N–H and O–H groups in total. The Labute approximate surface area is 525 Å². The van der Waals surface area contributed by atoms with Crippen molar-refractivity contribution in [3.8, 4) is 28.7 Å². The van der Waals surface area contributed by atoms with E-state index in [2.05, 4.69) is 16.0 Å². The number of methoxy groups -OCH3 is 3. The molecular formula is C66H74N8O15S. The normalized spacial score (nSPS) is 18.3. The highest BCUT2D eigenvalue weighted by Gasteiger charge is 2.40. The number of thioether (sulfide) groups is 1. The summed E-state index contributed by atoms with van der Waals surface area (Å²) < 4.78 is 29.0. The number of amides is 7. The molecule has 4 aromatic carbocycles.